The second kappa shape index (κ2) is 7.28. The van der Waals surface area contributed by atoms with Crippen LogP contribution < -0.4 is 5.32 Å². The fourth-order valence-electron chi connectivity index (χ4n) is 2.07. The molecule has 1 saturated heterocycles. The van der Waals surface area contributed by atoms with Crippen LogP contribution in [0.25, 0.3) is 0 Å². The zero-order chi connectivity index (χ0) is 15.4. The Labute approximate surface area is 140 Å². The molecular weight excluding hydrogens is 368 g/mol. The molecule has 116 valence electrons. The lowest BCUT2D eigenvalue weighted by Crippen LogP contribution is -2.35. The van der Waals surface area contributed by atoms with Crippen molar-refractivity contribution in [2.24, 2.45) is 0 Å². The van der Waals surface area contributed by atoms with E-state index in [1.165, 1.54) is 11.3 Å². The molecule has 0 radical (unpaired) electrons. The Morgan fingerprint density at radius 1 is 1.41 bits per heavy atom. The number of ether oxygens (including phenoxy) is 1. The van der Waals surface area contributed by atoms with Gasteiger partial charge >= 0.3 is 0 Å². The van der Waals surface area contributed by atoms with E-state index in [2.05, 4.69) is 36.1 Å². The van der Waals surface area contributed by atoms with Gasteiger partial charge in [0.2, 0.25) is 0 Å². The first-order valence-electron chi connectivity index (χ1n) is 6.88. The van der Waals surface area contributed by atoms with Gasteiger partial charge in [-0.25, -0.2) is 9.97 Å². The molecule has 0 saturated carbocycles. The number of halogens is 1. The van der Waals surface area contributed by atoms with E-state index in [9.17, 15) is 4.79 Å². The zero-order valence-electron chi connectivity index (χ0n) is 11.8. The van der Waals surface area contributed by atoms with Gasteiger partial charge in [-0.05, 0) is 28.1 Å². The van der Waals surface area contributed by atoms with Gasteiger partial charge in [-0.15, -0.1) is 11.3 Å². The number of nitrogens with zero attached hydrogens (tertiary/aromatic N) is 3. The van der Waals surface area contributed by atoms with Gasteiger partial charge < -0.3 is 10.1 Å². The molecule has 6 nitrogen and oxygen atoms in total. The van der Waals surface area contributed by atoms with Gasteiger partial charge in [0.25, 0.3) is 5.91 Å². The van der Waals surface area contributed by atoms with Crippen LogP contribution in [-0.4, -0.2) is 47.1 Å². The van der Waals surface area contributed by atoms with Crippen LogP contribution in [0.3, 0.4) is 0 Å². The molecule has 2 aromatic heterocycles. The number of carbonyl (C=O) groups excluding carboxylic acids is 1. The molecule has 0 bridgehead atoms. The van der Waals surface area contributed by atoms with E-state index in [0.29, 0.717) is 11.5 Å². The summed E-state index contributed by atoms with van der Waals surface area (Å²) in [6.45, 7) is 4.09. The van der Waals surface area contributed by atoms with Crippen LogP contribution in [0.1, 0.15) is 15.5 Å². The van der Waals surface area contributed by atoms with E-state index in [4.69, 9.17) is 4.74 Å². The third-order valence-corrected chi connectivity index (χ3v) is 4.52. The van der Waals surface area contributed by atoms with Gasteiger partial charge in [0, 0.05) is 29.1 Å². The minimum absolute atomic E-state index is 0.237. The molecule has 3 rings (SSSR count). The highest BCUT2D eigenvalue weighted by atomic mass is 79.9. The number of thiazole rings is 1. The molecule has 22 heavy (non-hydrogen) atoms. The quantitative estimate of drug-likeness (QED) is 0.878. The first kappa shape index (κ1) is 15.5. The number of carbonyl (C=O) groups is 1. The molecular formula is C14H15BrN4O2S. The predicted octanol–water partition coefficient (Wildman–Crippen LogP) is 2.39. The smallest absolute Gasteiger partial charge is 0.276 e. The van der Waals surface area contributed by atoms with Crippen molar-refractivity contribution in [2.75, 3.05) is 31.6 Å². The monoisotopic (exact) mass is 382 g/mol. The highest BCUT2D eigenvalue weighted by Crippen LogP contribution is 2.15. The van der Waals surface area contributed by atoms with Gasteiger partial charge in [0.1, 0.15) is 16.5 Å². The van der Waals surface area contributed by atoms with Crippen molar-refractivity contribution in [2.45, 2.75) is 6.54 Å². The summed E-state index contributed by atoms with van der Waals surface area (Å²) < 4.78 is 6.19. The second-order valence-electron chi connectivity index (χ2n) is 4.83. The third-order valence-electron chi connectivity index (χ3n) is 3.22. The summed E-state index contributed by atoms with van der Waals surface area (Å²) in [5.74, 6) is 0.273. The van der Waals surface area contributed by atoms with E-state index in [0.717, 1.165) is 42.3 Å². The molecule has 1 fully saturated rings. The number of hydrogen-bond acceptors (Lipinski definition) is 6. The normalized spacial score (nSPS) is 15.7. The number of aromatic nitrogens is 2. The van der Waals surface area contributed by atoms with Crippen molar-refractivity contribution in [1.82, 2.24) is 14.9 Å². The fourth-order valence-corrected chi connectivity index (χ4v) is 3.12. The van der Waals surface area contributed by atoms with Crippen molar-refractivity contribution >= 4 is 39.0 Å². The van der Waals surface area contributed by atoms with Crippen LogP contribution in [0.5, 0.6) is 0 Å². The Balaban J connectivity index is 1.60. The molecule has 8 heteroatoms. The van der Waals surface area contributed by atoms with Gasteiger partial charge in [0.05, 0.1) is 19.8 Å². The lowest BCUT2D eigenvalue weighted by atomic mass is 10.4. The maximum atomic E-state index is 12.2. The molecule has 1 aliphatic heterocycles. The number of nitrogens with one attached hydrogen (secondary N) is 1. The van der Waals surface area contributed by atoms with Crippen molar-refractivity contribution in [3.63, 3.8) is 0 Å². The number of amides is 1. The molecule has 0 unspecified atom stereocenters. The molecule has 1 aliphatic rings. The fraction of sp³-hybridized carbons (Fsp3) is 0.357. The van der Waals surface area contributed by atoms with Crippen molar-refractivity contribution < 1.29 is 9.53 Å². The number of morpholine rings is 1. The van der Waals surface area contributed by atoms with Crippen molar-refractivity contribution in [3.8, 4) is 0 Å². The highest BCUT2D eigenvalue weighted by Gasteiger charge is 2.15. The van der Waals surface area contributed by atoms with Crippen LogP contribution in [0.15, 0.2) is 28.2 Å². The van der Waals surface area contributed by atoms with Crippen LogP contribution in [0, 0.1) is 0 Å². The number of hydrogen-bond donors (Lipinski definition) is 1. The molecule has 1 amide bonds. The molecule has 1 N–H and O–H groups in total. The number of pyridine rings is 1. The van der Waals surface area contributed by atoms with Gasteiger partial charge in [0.15, 0.2) is 0 Å². The molecule has 2 aromatic rings. The van der Waals surface area contributed by atoms with Crippen LogP contribution in [-0.2, 0) is 11.3 Å². The Morgan fingerprint density at radius 3 is 2.95 bits per heavy atom. The first-order chi connectivity index (χ1) is 10.7. The SMILES string of the molecule is O=C(Nc1ccc(Br)cn1)c1csc(CN2CCOCC2)n1. The minimum Gasteiger partial charge on any atom is -0.379 e. The standard InChI is InChI=1S/C14H15BrN4O2S/c15-10-1-2-12(16-7-10)18-14(20)11-9-22-13(17-11)8-19-3-5-21-6-4-19/h1-2,7,9H,3-6,8H2,(H,16,18,20). The lowest BCUT2D eigenvalue weighted by molar-refractivity contribution is 0.0341. The molecule has 0 aromatic carbocycles. The van der Waals surface area contributed by atoms with E-state index in [1.807, 2.05) is 6.07 Å². The summed E-state index contributed by atoms with van der Waals surface area (Å²) in [4.78, 5) is 23.0. The van der Waals surface area contributed by atoms with Gasteiger partial charge in [-0.2, -0.15) is 0 Å². The zero-order valence-corrected chi connectivity index (χ0v) is 14.2. The maximum absolute atomic E-state index is 12.2. The minimum atomic E-state index is -0.237. The summed E-state index contributed by atoms with van der Waals surface area (Å²) in [6.07, 6.45) is 1.64. The Kier molecular flexibility index (Phi) is 5.14. The summed E-state index contributed by atoms with van der Waals surface area (Å²) in [6, 6.07) is 3.57. The summed E-state index contributed by atoms with van der Waals surface area (Å²) in [7, 11) is 0. The van der Waals surface area contributed by atoms with E-state index in [-0.39, 0.29) is 5.91 Å². The van der Waals surface area contributed by atoms with E-state index in [1.54, 1.807) is 17.6 Å². The number of rotatable bonds is 4. The average molecular weight is 383 g/mol. The maximum Gasteiger partial charge on any atom is 0.276 e. The third kappa shape index (κ3) is 4.10. The first-order valence-corrected chi connectivity index (χ1v) is 8.55. The molecule has 0 aliphatic carbocycles. The van der Waals surface area contributed by atoms with Gasteiger partial charge in [-0.1, -0.05) is 0 Å². The van der Waals surface area contributed by atoms with Crippen molar-refractivity contribution in [3.05, 3.63) is 38.9 Å². The molecule has 0 atom stereocenters. The predicted molar refractivity (Wildman–Crippen MR) is 88.1 cm³/mol. The Hall–Kier alpha value is -1.35. The molecule has 3 heterocycles. The number of anilines is 1. The Bertz CT molecular complexity index is 641. The van der Waals surface area contributed by atoms with E-state index >= 15 is 0 Å². The summed E-state index contributed by atoms with van der Waals surface area (Å²) in [5, 5.41) is 5.46. The van der Waals surface area contributed by atoms with Crippen LogP contribution in [0.4, 0.5) is 5.82 Å². The topological polar surface area (TPSA) is 67.4 Å². The van der Waals surface area contributed by atoms with Gasteiger partial charge in [-0.3, -0.25) is 9.69 Å². The Morgan fingerprint density at radius 2 is 2.23 bits per heavy atom. The largest absolute Gasteiger partial charge is 0.379 e. The second-order valence-corrected chi connectivity index (χ2v) is 6.69. The lowest BCUT2D eigenvalue weighted by Gasteiger charge is -2.25. The van der Waals surface area contributed by atoms with Crippen LogP contribution >= 0.6 is 27.3 Å². The summed E-state index contributed by atoms with van der Waals surface area (Å²) >= 11 is 4.81. The molecule has 0 spiro atoms. The summed E-state index contributed by atoms with van der Waals surface area (Å²) in [5.41, 5.74) is 0.429. The van der Waals surface area contributed by atoms with Crippen LogP contribution in [0.2, 0.25) is 0 Å². The highest BCUT2D eigenvalue weighted by molar-refractivity contribution is 9.10. The van der Waals surface area contributed by atoms with Crippen molar-refractivity contribution in [1.29, 1.82) is 0 Å². The average Bonchev–Trinajstić information content (AvgIpc) is 2.99. The van der Waals surface area contributed by atoms with E-state index < -0.39 is 0 Å².